The highest BCUT2D eigenvalue weighted by Crippen LogP contribution is 2.38. The van der Waals surface area contributed by atoms with Gasteiger partial charge in [0.15, 0.2) is 0 Å². The van der Waals surface area contributed by atoms with Gasteiger partial charge in [0.1, 0.15) is 0 Å². The highest BCUT2D eigenvalue weighted by molar-refractivity contribution is 5.85. The zero-order valence-electron chi connectivity index (χ0n) is 12.4. The maximum atomic E-state index is 3.53. The summed E-state index contributed by atoms with van der Waals surface area (Å²) in [7, 11) is 0. The molecule has 1 unspecified atom stereocenters. The van der Waals surface area contributed by atoms with Gasteiger partial charge in [-0.3, -0.25) is 0 Å². The molecule has 2 aromatic carbocycles. The summed E-state index contributed by atoms with van der Waals surface area (Å²) in [5.41, 5.74) is 5.37. The van der Waals surface area contributed by atoms with E-state index in [0.29, 0.717) is 11.8 Å². The third kappa shape index (κ3) is 2.14. The monoisotopic (exact) mass is 263 g/mol. The van der Waals surface area contributed by atoms with Crippen molar-refractivity contribution in [2.24, 2.45) is 5.92 Å². The summed E-state index contributed by atoms with van der Waals surface area (Å²) >= 11 is 0. The number of aryl methyl sites for hydroxylation is 1. The molecule has 0 saturated heterocycles. The van der Waals surface area contributed by atoms with Crippen LogP contribution >= 0.6 is 0 Å². The molecule has 102 valence electrons. The zero-order valence-corrected chi connectivity index (χ0v) is 12.4. The van der Waals surface area contributed by atoms with Crippen molar-refractivity contribution in [1.29, 1.82) is 0 Å². The molecule has 0 amide bonds. The molecule has 3 rings (SSSR count). The lowest BCUT2D eigenvalue weighted by molar-refractivity contribution is 0.564. The molecule has 0 saturated carbocycles. The van der Waals surface area contributed by atoms with Crippen LogP contribution < -0.4 is 0 Å². The smallest absolute Gasteiger partial charge is 0.0459 e. The molecule has 1 atom stereocenters. The van der Waals surface area contributed by atoms with Gasteiger partial charge in [-0.25, -0.2) is 0 Å². The Morgan fingerprint density at radius 1 is 0.850 bits per heavy atom. The van der Waals surface area contributed by atoms with Gasteiger partial charge in [0.2, 0.25) is 0 Å². The Morgan fingerprint density at radius 3 is 2.20 bits per heavy atom. The van der Waals surface area contributed by atoms with E-state index in [-0.39, 0.29) is 0 Å². The number of para-hydroxylation sites is 1. The second-order valence-electron chi connectivity index (χ2n) is 5.84. The van der Waals surface area contributed by atoms with Crippen molar-refractivity contribution >= 4 is 10.9 Å². The molecule has 1 heterocycles. The second kappa shape index (κ2) is 5.16. The normalized spacial score (nSPS) is 13.0. The van der Waals surface area contributed by atoms with Gasteiger partial charge in [0, 0.05) is 22.5 Å². The molecule has 0 bridgehead atoms. The van der Waals surface area contributed by atoms with Gasteiger partial charge in [-0.1, -0.05) is 62.4 Å². The topological polar surface area (TPSA) is 15.8 Å². The Balaban J connectivity index is 2.23. The predicted octanol–water partition coefficient (Wildman–Crippen LogP) is 5.26. The van der Waals surface area contributed by atoms with E-state index in [1.807, 2.05) is 0 Å². The minimum Gasteiger partial charge on any atom is -0.358 e. The lowest BCUT2D eigenvalue weighted by Gasteiger charge is -2.22. The molecular weight excluding hydrogens is 242 g/mol. The lowest BCUT2D eigenvalue weighted by Crippen LogP contribution is -2.09. The molecule has 1 N–H and O–H groups in total. The number of hydrogen-bond donors (Lipinski definition) is 1. The van der Waals surface area contributed by atoms with E-state index >= 15 is 0 Å². The maximum absolute atomic E-state index is 3.53. The van der Waals surface area contributed by atoms with Crippen molar-refractivity contribution in [3.8, 4) is 0 Å². The molecule has 3 aromatic rings. The van der Waals surface area contributed by atoms with Gasteiger partial charge in [-0.15, -0.1) is 0 Å². The van der Waals surface area contributed by atoms with Crippen LogP contribution in [0.1, 0.15) is 36.6 Å². The molecule has 20 heavy (non-hydrogen) atoms. The number of nitrogens with one attached hydrogen (secondary N) is 1. The van der Waals surface area contributed by atoms with Crippen molar-refractivity contribution in [2.45, 2.75) is 26.7 Å². The highest BCUT2D eigenvalue weighted by atomic mass is 14.7. The van der Waals surface area contributed by atoms with Gasteiger partial charge in [0.05, 0.1) is 0 Å². The van der Waals surface area contributed by atoms with Crippen LogP contribution in [0.2, 0.25) is 0 Å². The van der Waals surface area contributed by atoms with E-state index in [2.05, 4.69) is 80.4 Å². The highest BCUT2D eigenvalue weighted by Gasteiger charge is 2.23. The summed E-state index contributed by atoms with van der Waals surface area (Å²) in [6, 6.07) is 19.4. The Kier molecular flexibility index (Phi) is 3.35. The lowest BCUT2D eigenvalue weighted by atomic mass is 9.81. The number of aromatic nitrogens is 1. The van der Waals surface area contributed by atoms with Gasteiger partial charge < -0.3 is 4.98 Å². The molecule has 0 spiro atoms. The summed E-state index contributed by atoms with van der Waals surface area (Å²) in [6.45, 7) is 6.80. The Bertz CT molecular complexity index is 707. The van der Waals surface area contributed by atoms with E-state index in [0.717, 1.165) is 0 Å². The summed E-state index contributed by atoms with van der Waals surface area (Å²) in [5, 5.41) is 1.35. The average molecular weight is 263 g/mol. The van der Waals surface area contributed by atoms with Crippen LogP contribution in [0.3, 0.4) is 0 Å². The molecule has 0 aliphatic rings. The first-order valence-corrected chi connectivity index (χ1v) is 7.30. The predicted molar refractivity (Wildman–Crippen MR) is 86.2 cm³/mol. The van der Waals surface area contributed by atoms with Crippen LogP contribution in [0.4, 0.5) is 0 Å². The summed E-state index contributed by atoms with van der Waals surface area (Å²) < 4.78 is 0. The maximum Gasteiger partial charge on any atom is 0.0459 e. The minimum absolute atomic E-state index is 0.437. The zero-order chi connectivity index (χ0) is 14.1. The van der Waals surface area contributed by atoms with Gasteiger partial charge in [-0.05, 0) is 30.0 Å². The molecule has 0 aliphatic heterocycles. The third-order valence-electron chi connectivity index (χ3n) is 4.08. The molecule has 0 aliphatic carbocycles. The SMILES string of the molecule is Cc1[nH]c2ccccc2c1C(c1ccccc1)C(C)C. The number of H-pyrrole nitrogens is 1. The summed E-state index contributed by atoms with van der Waals surface area (Å²) in [4.78, 5) is 3.53. The average Bonchev–Trinajstić information content (AvgIpc) is 2.77. The largest absolute Gasteiger partial charge is 0.358 e. The Hall–Kier alpha value is -2.02. The van der Waals surface area contributed by atoms with Gasteiger partial charge in [0.25, 0.3) is 0 Å². The number of aromatic amines is 1. The Morgan fingerprint density at radius 2 is 1.50 bits per heavy atom. The van der Waals surface area contributed by atoms with Crippen molar-refractivity contribution in [1.82, 2.24) is 4.98 Å². The first-order valence-electron chi connectivity index (χ1n) is 7.30. The van der Waals surface area contributed by atoms with E-state index in [9.17, 15) is 0 Å². The number of rotatable bonds is 3. The van der Waals surface area contributed by atoms with E-state index in [4.69, 9.17) is 0 Å². The number of fused-ring (bicyclic) bond motifs is 1. The van der Waals surface area contributed by atoms with Crippen LogP contribution in [0.15, 0.2) is 54.6 Å². The molecular formula is C19H21N. The first-order chi connectivity index (χ1) is 9.68. The Labute approximate surface area is 120 Å². The van der Waals surface area contributed by atoms with E-state index in [1.165, 1.54) is 27.7 Å². The van der Waals surface area contributed by atoms with Gasteiger partial charge >= 0.3 is 0 Å². The van der Waals surface area contributed by atoms with Crippen LogP contribution in [0.25, 0.3) is 10.9 Å². The molecule has 1 heteroatoms. The van der Waals surface area contributed by atoms with E-state index < -0.39 is 0 Å². The van der Waals surface area contributed by atoms with Crippen LogP contribution in [0.5, 0.6) is 0 Å². The van der Waals surface area contributed by atoms with Crippen molar-refractivity contribution in [3.63, 3.8) is 0 Å². The minimum atomic E-state index is 0.437. The van der Waals surface area contributed by atoms with Crippen molar-refractivity contribution < 1.29 is 0 Å². The second-order valence-corrected chi connectivity index (χ2v) is 5.84. The van der Waals surface area contributed by atoms with Gasteiger partial charge in [-0.2, -0.15) is 0 Å². The van der Waals surface area contributed by atoms with Crippen molar-refractivity contribution in [3.05, 3.63) is 71.4 Å². The quantitative estimate of drug-likeness (QED) is 0.663. The molecule has 1 aromatic heterocycles. The fourth-order valence-electron chi connectivity index (χ4n) is 3.24. The van der Waals surface area contributed by atoms with Crippen molar-refractivity contribution in [2.75, 3.05) is 0 Å². The van der Waals surface area contributed by atoms with Crippen LogP contribution in [-0.2, 0) is 0 Å². The van der Waals surface area contributed by atoms with Crippen LogP contribution in [0, 0.1) is 12.8 Å². The van der Waals surface area contributed by atoms with Crippen LogP contribution in [-0.4, -0.2) is 4.98 Å². The molecule has 0 radical (unpaired) electrons. The fourth-order valence-corrected chi connectivity index (χ4v) is 3.24. The summed E-state index contributed by atoms with van der Waals surface area (Å²) in [5.74, 6) is 1.00. The fraction of sp³-hybridized carbons (Fsp3) is 0.263. The summed E-state index contributed by atoms with van der Waals surface area (Å²) in [6.07, 6.45) is 0. The molecule has 1 nitrogen and oxygen atoms in total. The third-order valence-corrected chi connectivity index (χ3v) is 4.08. The standard InChI is InChI=1S/C19H21N/c1-13(2)18(15-9-5-4-6-10-15)19-14(3)20-17-12-8-7-11-16(17)19/h4-13,18,20H,1-3H3. The molecule has 0 fully saturated rings. The first kappa shape index (κ1) is 13.0. The number of hydrogen-bond acceptors (Lipinski definition) is 0. The van der Waals surface area contributed by atoms with E-state index in [1.54, 1.807) is 0 Å². The number of benzene rings is 2.